The predicted molar refractivity (Wildman–Crippen MR) is 86.5 cm³/mol. The van der Waals surface area contributed by atoms with Crippen molar-refractivity contribution in [3.63, 3.8) is 0 Å². The highest BCUT2D eigenvalue weighted by molar-refractivity contribution is 6.11. The van der Waals surface area contributed by atoms with Crippen molar-refractivity contribution in [3.8, 4) is 0 Å². The first-order valence-corrected chi connectivity index (χ1v) is 7.68. The molecule has 1 heterocycles. The highest BCUT2D eigenvalue weighted by atomic mass is 19.4. The van der Waals surface area contributed by atoms with Crippen LogP contribution >= 0.6 is 0 Å². The fourth-order valence-corrected chi connectivity index (χ4v) is 2.60. The number of hydrogen-bond acceptors (Lipinski definition) is 4. The molecular weight excluding hydrogens is 353 g/mol. The van der Waals surface area contributed by atoms with Crippen LogP contribution in [-0.2, 0) is 21.4 Å². The van der Waals surface area contributed by atoms with Crippen molar-refractivity contribution >= 4 is 28.6 Å². The van der Waals surface area contributed by atoms with E-state index in [1.165, 1.54) is 6.20 Å². The topological polar surface area (TPSA) is 77.4 Å². The number of benzene rings is 1. The maximum absolute atomic E-state index is 12.8. The van der Waals surface area contributed by atoms with Gasteiger partial charge in [-0.05, 0) is 12.5 Å². The summed E-state index contributed by atoms with van der Waals surface area (Å²) < 4.78 is 43.8. The molecule has 1 N–H and O–H groups in total. The number of esters is 1. The first-order chi connectivity index (χ1) is 12.1. The molecule has 0 spiro atoms. The van der Waals surface area contributed by atoms with Gasteiger partial charge in [0.15, 0.2) is 5.78 Å². The SMILES string of the molecule is COC(=O)CCC(NC(=O)C(F)(F)F)C(=O)c1cn(C)c2ccccc12. The molecule has 0 saturated carbocycles. The summed E-state index contributed by atoms with van der Waals surface area (Å²) in [5.74, 6) is -3.63. The average Bonchev–Trinajstić information content (AvgIpc) is 2.93. The van der Waals surface area contributed by atoms with E-state index in [0.29, 0.717) is 10.9 Å². The Morgan fingerprint density at radius 1 is 1.23 bits per heavy atom. The van der Waals surface area contributed by atoms with Crippen molar-refractivity contribution in [2.45, 2.75) is 25.1 Å². The number of Topliss-reactive ketones (excluding diaryl/α,β-unsaturated/α-hetero) is 1. The lowest BCUT2D eigenvalue weighted by Crippen LogP contribution is -2.47. The molecule has 26 heavy (non-hydrogen) atoms. The summed E-state index contributed by atoms with van der Waals surface area (Å²) in [6.45, 7) is 0. The molecular formula is C17H17F3N2O4. The number of aromatic nitrogens is 1. The van der Waals surface area contributed by atoms with Gasteiger partial charge in [-0.15, -0.1) is 0 Å². The third-order valence-electron chi connectivity index (χ3n) is 3.91. The van der Waals surface area contributed by atoms with Crippen molar-refractivity contribution in [2.24, 2.45) is 7.05 Å². The first kappa shape index (κ1) is 19.5. The molecule has 0 aliphatic rings. The van der Waals surface area contributed by atoms with Crippen molar-refractivity contribution < 1.29 is 32.3 Å². The minimum atomic E-state index is -5.14. The van der Waals surface area contributed by atoms with Gasteiger partial charge in [0.05, 0.1) is 13.2 Å². The number of para-hydroxylation sites is 1. The molecule has 2 rings (SSSR count). The fraction of sp³-hybridized carbons (Fsp3) is 0.353. The quantitative estimate of drug-likeness (QED) is 0.626. The number of rotatable bonds is 6. The monoisotopic (exact) mass is 370 g/mol. The fourth-order valence-electron chi connectivity index (χ4n) is 2.60. The molecule has 1 amide bonds. The highest BCUT2D eigenvalue weighted by Gasteiger charge is 2.41. The molecule has 1 unspecified atom stereocenters. The lowest BCUT2D eigenvalue weighted by molar-refractivity contribution is -0.174. The van der Waals surface area contributed by atoms with Crippen LogP contribution in [0.1, 0.15) is 23.2 Å². The number of nitrogens with one attached hydrogen (secondary N) is 1. The maximum atomic E-state index is 12.8. The van der Waals surface area contributed by atoms with Crippen LogP contribution in [0.3, 0.4) is 0 Å². The number of carbonyl (C=O) groups excluding carboxylic acids is 3. The van der Waals surface area contributed by atoms with Gasteiger partial charge in [0.2, 0.25) is 0 Å². The van der Waals surface area contributed by atoms with Crippen molar-refractivity contribution in [2.75, 3.05) is 7.11 Å². The van der Waals surface area contributed by atoms with Crippen LogP contribution in [0.25, 0.3) is 10.9 Å². The number of alkyl halides is 3. The van der Waals surface area contributed by atoms with Crippen LogP contribution < -0.4 is 5.32 Å². The van der Waals surface area contributed by atoms with Gasteiger partial charge in [0.1, 0.15) is 0 Å². The molecule has 0 fully saturated rings. The molecule has 9 heteroatoms. The van der Waals surface area contributed by atoms with Gasteiger partial charge in [-0.2, -0.15) is 13.2 Å². The summed E-state index contributed by atoms with van der Waals surface area (Å²) in [7, 11) is 2.81. The number of fused-ring (bicyclic) bond motifs is 1. The van der Waals surface area contributed by atoms with Crippen LogP contribution in [-0.4, -0.2) is 41.6 Å². The number of halogens is 3. The van der Waals surface area contributed by atoms with Gasteiger partial charge in [-0.1, -0.05) is 18.2 Å². The number of aryl methyl sites for hydroxylation is 1. The van der Waals surface area contributed by atoms with Gasteiger partial charge in [0, 0.05) is 36.1 Å². The Balaban J connectivity index is 2.34. The smallest absolute Gasteiger partial charge is 0.469 e. The average molecular weight is 370 g/mol. The third-order valence-corrected chi connectivity index (χ3v) is 3.91. The van der Waals surface area contributed by atoms with Crippen LogP contribution in [0, 0.1) is 0 Å². The lowest BCUT2D eigenvalue weighted by atomic mass is 9.99. The summed E-state index contributed by atoms with van der Waals surface area (Å²) in [4.78, 5) is 35.4. The molecule has 6 nitrogen and oxygen atoms in total. The number of carbonyl (C=O) groups is 3. The Morgan fingerprint density at radius 3 is 2.50 bits per heavy atom. The molecule has 0 saturated heterocycles. The van der Waals surface area contributed by atoms with Gasteiger partial charge >= 0.3 is 18.1 Å². The normalized spacial score (nSPS) is 12.7. The highest BCUT2D eigenvalue weighted by Crippen LogP contribution is 2.23. The van der Waals surface area contributed by atoms with Crippen LogP contribution in [0.15, 0.2) is 30.5 Å². The number of nitrogens with zero attached hydrogens (tertiary/aromatic N) is 1. The second-order valence-corrected chi connectivity index (χ2v) is 5.67. The van der Waals surface area contributed by atoms with Gasteiger partial charge < -0.3 is 14.6 Å². The number of amides is 1. The summed E-state index contributed by atoms with van der Waals surface area (Å²) >= 11 is 0. The Hall–Kier alpha value is -2.84. The van der Waals surface area contributed by atoms with Gasteiger partial charge in [0.25, 0.3) is 0 Å². The molecule has 140 valence electrons. The zero-order valence-corrected chi connectivity index (χ0v) is 14.1. The first-order valence-electron chi connectivity index (χ1n) is 7.68. The second-order valence-electron chi connectivity index (χ2n) is 5.67. The molecule has 0 radical (unpaired) electrons. The molecule has 2 aromatic rings. The second kappa shape index (κ2) is 7.59. The van der Waals surface area contributed by atoms with E-state index in [1.54, 1.807) is 41.2 Å². The zero-order chi connectivity index (χ0) is 19.5. The molecule has 1 aromatic heterocycles. The molecule has 1 atom stereocenters. The number of methoxy groups -OCH3 is 1. The zero-order valence-electron chi connectivity index (χ0n) is 14.1. The third kappa shape index (κ3) is 4.22. The van der Waals surface area contributed by atoms with Gasteiger partial charge in [-0.25, -0.2) is 0 Å². The maximum Gasteiger partial charge on any atom is 0.471 e. The van der Waals surface area contributed by atoms with E-state index in [9.17, 15) is 27.6 Å². The summed E-state index contributed by atoms with van der Waals surface area (Å²) in [5.41, 5.74) is 0.880. The Bertz CT molecular complexity index is 842. The Kier molecular flexibility index (Phi) is 5.69. The van der Waals surface area contributed by atoms with E-state index >= 15 is 0 Å². The van der Waals surface area contributed by atoms with E-state index in [4.69, 9.17) is 0 Å². The van der Waals surface area contributed by atoms with E-state index in [1.807, 2.05) is 0 Å². The minimum Gasteiger partial charge on any atom is -0.469 e. The van der Waals surface area contributed by atoms with Crippen molar-refractivity contribution in [3.05, 3.63) is 36.0 Å². The minimum absolute atomic E-state index is 0.167. The number of hydrogen-bond donors (Lipinski definition) is 1. The number of ether oxygens (including phenoxy) is 1. The van der Waals surface area contributed by atoms with Gasteiger partial charge in [-0.3, -0.25) is 14.4 Å². The van der Waals surface area contributed by atoms with E-state index in [-0.39, 0.29) is 18.4 Å². The Labute approximate surface area is 146 Å². The van der Waals surface area contributed by atoms with Crippen LogP contribution in [0.2, 0.25) is 0 Å². The largest absolute Gasteiger partial charge is 0.471 e. The number of ketones is 1. The van der Waals surface area contributed by atoms with Crippen LogP contribution in [0.4, 0.5) is 13.2 Å². The molecule has 0 aliphatic carbocycles. The van der Waals surface area contributed by atoms with Crippen molar-refractivity contribution in [1.82, 2.24) is 9.88 Å². The summed E-state index contributed by atoms with van der Waals surface area (Å²) in [5, 5.41) is 2.22. The Morgan fingerprint density at radius 2 is 1.88 bits per heavy atom. The van der Waals surface area contributed by atoms with E-state index in [0.717, 1.165) is 7.11 Å². The lowest BCUT2D eigenvalue weighted by Gasteiger charge is -2.18. The van der Waals surface area contributed by atoms with E-state index < -0.39 is 29.9 Å². The summed E-state index contributed by atoms with van der Waals surface area (Å²) in [6.07, 6.45) is -4.27. The molecule has 0 aliphatic heterocycles. The van der Waals surface area contributed by atoms with E-state index in [2.05, 4.69) is 4.74 Å². The molecule has 0 bridgehead atoms. The predicted octanol–water partition coefficient (Wildman–Crippen LogP) is 2.36. The van der Waals surface area contributed by atoms with Crippen LogP contribution in [0.5, 0.6) is 0 Å². The summed E-state index contributed by atoms with van der Waals surface area (Å²) in [6, 6.07) is 5.36. The van der Waals surface area contributed by atoms with Crippen molar-refractivity contribution in [1.29, 1.82) is 0 Å². The standard InChI is InChI=1S/C17H17F3N2O4/c1-22-9-11(10-5-3-4-6-13(10)22)15(24)12(7-8-14(23)26-2)21-16(25)17(18,19)20/h3-6,9,12H,7-8H2,1-2H3,(H,21,25). The molecule has 1 aromatic carbocycles.